The summed E-state index contributed by atoms with van der Waals surface area (Å²) in [7, 11) is -18.3. The third-order valence-corrected chi connectivity index (χ3v) is 16.3. The number of carboxylic acid groups (broad SMARTS) is 1. The van der Waals surface area contributed by atoms with Crippen LogP contribution in [-0.2, 0) is 172 Å². The minimum Gasteiger partial charge on any atom is -0.479 e. The van der Waals surface area contributed by atoms with Crippen LogP contribution in [0.2, 0.25) is 0 Å². The van der Waals surface area contributed by atoms with E-state index in [4.69, 9.17) is 107 Å². The summed E-state index contributed by atoms with van der Waals surface area (Å²) >= 11 is 0. The van der Waals surface area contributed by atoms with E-state index in [1.165, 1.54) is 14.2 Å². The summed E-state index contributed by atoms with van der Waals surface area (Å²) in [5, 5.41) is 21.0. The van der Waals surface area contributed by atoms with Gasteiger partial charge in [0, 0.05) is 64.0 Å². The van der Waals surface area contributed by atoms with E-state index in [9.17, 15) is 79.9 Å². The predicted octanol–water partition coefficient (Wildman–Crippen LogP) is -6.47. The summed E-state index contributed by atoms with van der Waals surface area (Å²) in [5.74, 6) is -4.56. The summed E-state index contributed by atoms with van der Waals surface area (Å²) < 4.78 is 312. The van der Waals surface area contributed by atoms with E-state index in [0.717, 1.165) is 49.8 Å². The molecule has 43 nitrogen and oxygen atoms in total. The van der Waals surface area contributed by atoms with Crippen LogP contribution in [0.25, 0.3) is 0 Å². The zero-order valence-electron chi connectivity index (χ0n) is 47.3. The number of ether oxygens (including phenoxy) is 20. The molecule has 7 rings (SSSR count). The highest BCUT2D eigenvalue weighted by Gasteiger charge is 2.67. The average Bonchev–Trinajstić information content (AvgIpc) is 0.743. The monoisotopic (exact) mass is 1400 g/mol. The third kappa shape index (κ3) is 18.5. The van der Waals surface area contributed by atoms with Crippen LogP contribution in [0.15, 0.2) is 0 Å². The van der Waals surface area contributed by atoms with Gasteiger partial charge in [-0.2, -0.15) is 42.1 Å². The highest BCUT2D eigenvalue weighted by atomic mass is 32.3. The molecule has 0 radical (unpaired) electrons. The number of hydrogen-bond donors (Lipinski definition) is 7. The van der Waals surface area contributed by atoms with Crippen molar-refractivity contribution in [1.29, 1.82) is 0 Å². The SMILES string of the molecule is COC[C@@H]1O[C@H](OC)C(OS(=O)(=O)O)C(OC)[C@@H]1O[C@@H]1OC2(OCO)CO[C@@H]1[C@H](OC)C2O[C@@H]1OC(COS(=O)(=O)O)C(O[C@@H]2O[C@@H](C(=O)O)[C@@H](O[C@H]3O[C@@H](COS(=O)(=O)O)[C@@H](OC)C(OC)C3OC)C(OC)C2OC)[C@H](OS(=O)(=O)O)C1OS(=O)(=O)O. The number of carbonyl (C=O) groups is 1. The molecule has 0 amide bonds. The molecular formula is C40H68O43S5. The number of hydrogen-bond acceptors (Lipinski definition) is 37. The lowest BCUT2D eigenvalue weighted by Gasteiger charge is -2.58. The van der Waals surface area contributed by atoms with Crippen molar-refractivity contribution in [2.75, 3.05) is 97.2 Å². The van der Waals surface area contributed by atoms with Gasteiger partial charge >= 0.3 is 58.0 Å². The van der Waals surface area contributed by atoms with Crippen LogP contribution in [0.4, 0.5) is 0 Å². The molecule has 7 aliphatic heterocycles. The molecule has 2 bridgehead atoms. The molecular weight excluding hydrogens is 1330 g/mol. The van der Waals surface area contributed by atoms with E-state index < -0.39 is 238 Å². The molecule has 7 N–H and O–H groups in total. The first-order valence-electron chi connectivity index (χ1n) is 25.0. The smallest absolute Gasteiger partial charge is 0.397 e. The Morgan fingerprint density at radius 1 is 0.432 bits per heavy atom. The zero-order valence-corrected chi connectivity index (χ0v) is 51.3. The van der Waals surface area contributed by atoms with E-state index in [1.807, 2.05) is 0 Å². The molecule has 0 saturated carbocycles. The Balaban J connectivity index is 1.40. The van der Waals surface area contributed by atoms with Gasteiger partial charge < -0.3 is 105 Å². The second-order valence-electron chi connectivity index (χ2n) is 19.1. The van der Waals surface area contributed by atoms with Crippen LogP contribution in [0.5, 0.6) is 0 Å². The summed E-state index contributed by atoms with van der Waals surface area (Å²) in [5.41, 5.74) is 0. The van der Waals surface area contributed by atoms with Crippen molar-refractivity contribution in [3.63, 3.8) is 0 Å². The first-order valence-corrected chi connectivity index (χ1v) is 31.8. The first-order chi connectivity index (χ1) is 41.1. The Morgan fingerprint density at radius 2 is 0.830 bits per heavy atom. The number of aliphatic hydroxyl groups excluding tert-OH is 1. The molecule has 25 atom stereocenters. The summed E-state index contributed by atoms with van der Waals surface area (Å²) in [6, 6.07) is 0. The van der Waals surface area contributed by atoms with Crippen molar-refractivity contribution in [3.8, 4) is 0 Å². The van der Waals surface area contributed by atoms with Gasteiger partial charge in [-0.15, -0.1) is 0 Å². The van der Waals surface area contributed by atoms with Gasteiger partial charge in [0.1, 0.15) is 111 Å². The van der Waals surface area contributed by atoms with Crippen LogP contribution in [0.1, 0.15) is 0 Å². The minimum absolute atomic E-state index is 0.354. The van der Waals surface area contributed by atoms with Crippen LogP contribution in [0.3, 0.4) is 0 Å². The first kappa shape index (κ1) is 75.0. The second kappa shape index (κ2) is 31.0. The highest BCUT2D eigenvalue weighted by Crippen LogP contribution is 2.46. The van der Waals surface area contributed by atoms with Gasteiger partial charge in [-0.1, -0.05) is 0 Å². The van der Waals surface area contributed by atoms with Gasteiger partial charge in [0.05, 0.1) is 19.8 Å². The maximum Gasteiger partial charge on any atom is 0.397 e. The average molecular weight is 1400 g/mol. The summed E-state index contributed by atoms with van der Waals surface area (Å²) in [4.78, 5) is 13.3. The molecule has 7 saturated heterocycles. The standard InChI is InChI=1S/C40H68O43S5/c1-59-10-15-19(22(62-4)31(35(67-9)72-15)82-87(53,54)55)76-39-30-26(64-6)33(40(80-39,13-68-30)69-14-41)79-38-32(83-88(56,57)58)25(81-86(50,51)52)20(17(74-38)12-71-85(47,48)49)75-37-29(66-8)23(63-5)24(27(78-37)34(42)43)77-36-28(65-7)21(61-3)18(60-2)16(73-36)11-70-84(44,45)46/h15-33,35-39,41H,10-14H2,1-9H3,(H,42,43)(H,44,45,46)(H,47,48,49)(H,50,51,52)(H,53,54,55)(H,56,57,58)/t15-,16-,17?,18+,19+,20?,21?,22?,23?,24-,25-,26-,27+,28?,29?,30+,31?,32?,33?,35-,36+,37+,38-,39+,40?/m0/s1. The molecule has 7 heterocycles. The van der Waals surface area contributed by atoms with E-state index in [-0.39, 0.29) is 6.61 Å². The fourth-order valence-corrected chi connectivity index (χ4v) is 12.7. The van der Waals surface area contributed by atoms with Gasteiger partial charge in [-0.3, -0.25) is 22.8 Å². The Labute approximate surface area is 502 Å². The maximum absolute atomic E-state index is 13.3. The van der Waals surface area contributed by atoms with Gasteiger partial charge in [0.2, 0.25) is 5.79 Å². The Hall–Kier alpha value is -2.02. The molecule has 0 aromatic carbocycles. The van der Waals surface area contributed by atoms with Gasteiger partial charge in [0.25, 0.3) is 0 Å². The van der Waals surface area contributed by atoms with Crippen molar-refractivity contribution < 1.29 is 196 Å². The largest absolute Gasteiger partial charge is 0.479 e. The van der Waals surface area contributed by atoms with Crippen LogP contribution < -0.4 is 0 Å². The third-order valence-electron chi connectivity index (χ3n) is 14.0. The predicted molar refractivity (Wildman–Crippen MR) is 266 cm³/mol. The molecule has 516 valence electrons. The number of carboxylic acids is 1. The quantitative estimate of drug-likeness (QED) is 0.0237. The van der Waals surface area contributed by atoms with Crippen LogP contribution in [-0.4, -0.2) is 331 Å². The maximum atomic E-state index is 13.3. The normalized spacial score (nSPS) is 40.4. The number of aliphatic carboxylic acids is 1. The van der Waals surface area contributed by atoms with Gasteiger partial charge in [0.15, 0.2) is 49.8 Å². The van der Waals surface area contributed by atoms with E-state index in [0.29, 0.717) is 0 Å². The number of aliphatic hydroxyl groups is 1. The summed E-state index contributed by atoms with van der Waals surface area (Å²) in [6.07, 6.45) is -46.5. The molecule has 11 unspecified atom stereocenters. The van der Waals surface area contributed by atoms with E-state index in [1.54, 1.807) is 0 Å². The Morgan fingerprint density at radius 3 is 1.28 bits per heavy atom. The lowest BCUT2D eigenvalue weighted by molar-refractivity contribution is -0.487. The van der Waals surface area contributed by atoms with Crippen LogP contribution >= 0.6 is 0 Å². The molecule has 0 spiro atoms. The van der Waals surface area contributed by atoms with Crippen molar-refractivity contribution in [1.82, 2.24) is 0 Å². The molecule has 0 aromatic heterocycles. The molecule has 88 heavy (non-hydrogen) atoms. The molecule has 0 aliphatic carbocycles. The van der Waals surface area contributed by atoms with Gasteiger partial charge in [-0.05, 0) is 0 Å². The molecule has 7 aliphatic rings. The van der Waals surface area contributed by atoms with Crippen molar-refractivity contribution in [3.05, 3.63) is 0 Å². The van der Waals surface area contributed by atoms with Crippen molar-refractivity contribution >= 4 is 58.0 Å². The van der Waals surface area contributed by atoms with Crippen molar-refractivity contribution in [2.45, 2.75) is 153 Å². The Kier molecular flexibility index (Phi) is 26.4. The van der Waals surface area contributed by atoms with Crippen LogP contribution in [0, 0.1) is 0 Å². The molecule has 7 fully saturated rings. The minimum atomic E-state index is -6.04. The fourth-order valence-electron chi connectivity index (χ4n) is 10.7. The van der Waals surface area contributed by atoms with E-state index in [2.05, 4.69) is 8.37 Å². The number of methoxy groups -OCH3 is 9. The Bertz CT molecular complexity index is 2830. The second-order valence-corrected chi connectivity index (χ2v) is 24.4. The van der Waals surface area contributed by atoms with E-state index >= 15 is 0 Å². The number of rotatable bonds is 33. The summed E-state index contributed by atoms with van der Waals surface area (Å²) in [6.45, 7) is -5.06. The fraction of sp³-hybridized carbons (Fsp3) is 0.975. The lowest BCUT2D eigenvalue weighted by atomic mass is 9.91. The molecule has 0 aromatic rings. The van der Waals surface area contributed by atoms with Crippen molar-refractivity contribution in [2.24, 2.45) is 0 Å². The highest BCUT2D eigenvalue weighted by molar-refractivity contribution is 7.81. The number of fused-ring (bicyclic) bond motifs is 3. The molecule has 48 heteroatoms. The lowest BCUT2D eigenvalue weighted by Crippen LogP contribution is -2.76. The topological polar surface area (TPSA) is 560 Å². The zero-order chi connectivity index (χ0) is 65.6. The van der Waals surface area contributed by atoms with Gasteiger partial charge in [-0.25, -0.2) is 25.7 Å².